The van der Waals surface area contributed by atoms with Gasteiger partial charge in [0.2, 0.25) is 0 Å². The highest BCUT2D eigenvalue weighted by atomic mass is 14.5. The molecule has 0 saturated carbocycles. The fourth-order valence-corrected chi connectivity index (χ4v) is 2.92. The third-order valence-corrected chi connectivity index (χ3v) is 4.24. The van der Waals surface area contributed by atoms with Crippen LogP contribution in [0.3, 0.4) is 0 Å². The molecule has 0 radical (unpaired) electrons. The second kappa shape index (κ2) is 6.97. The second-order valence-corrected chi connectivity index (χ2v) is 5.74. The van der Waals surface area contributed by atoms with E-state index in [-0.39, 0.29) is 0 Å². The molecule has 0 spiro atoms. The first-order valence-corrected chi connectivity index (χ1v) is 7.91. The van der Waals surface area contributed by atoms with Crippen molar-refractivity contribution in [3.05, 3.63) is 95.7 Å². The molecule has 0 aromatic heterocycles. The Bertz CT molecular complexity index is 936. The average Bonchev–Trinajstić information content (AvgIpc) is 2.63. The molecule has 2 heteroatoms. The van der Waals surface area contributed by atoms with Crippen LogP contribution in [-0.4, -0.2) is 6.21 Å². The molecule has 0 saturated heterocycles. The van der Waals surface area contributed by atoms with E-state index in [1.807, 2.05) is 18.2 Å². The molecular formula is C22H20N2. The summed E-state index contributed by atoms with van der Waals surface area (Å²) in [6.45, 7) is 3.93. The second-order valence-electron chi connectivity index (χ2n) is 5.74. The molecule has 0 aliphatic rings. The molecule has 0 unspecified atom stereocenters. The molecule has 118 valence electrons. The summed E-state index contributed by atoms with van der Waals surface area (Å²) in [5.74, 6) is 0. The van der Waals surface area contributed by atoms with E-state index in [0.717, 1.165) is 17.5 Å². The zero-order valence-electron chi connectivity index (χ0n) is 13.5. The minimum atomic E-state index is 0.704. The van der Waals surface area contributed by atoms with Crippen molar-refractivity contribution < 1.29 is 0 Å². The first-order chi connectivity index (χ1) is 11.7. The molecule has 3 aromatic rings. The highest BCUT2D eigenvalue weighted by Crippen LogP contribution is 2.23. The van der Waals surface area contributed by atoms with Gasteiger partial charge < -0.3 is 11.1 Å². The van der Waals surface area contributed by atoms with E-state index in [1.54, 1.807) is 0 Å². The van der Waals surface area contributed by atoms with Gasteiger partial charge >= 0.3 is 0 Å². The zero-order valence-corrected chi connectivity index (χ0v) is 13.5. The fraction of sp³-hybridized carbons (Fsp3) is 0.0455. The van der Waals surface area contributed by atoms with Gasteiger partial charge in [-0.3, -0.25) is 0 Å². The van der Waals surface area contributed by atoms with Crippen molar-refractivity contribution in [1.82, 2.24) is 0 Å². The summed E-state index contributed by atoms with van der Waals surface area (Å²) in [6, 6.07) is 21.1. The highest BCUT2D eigenvalue weighted by molar-refractivity contribution is 6.08. The van der Waals surface area contributed by atoms with Gasteiger partial charge in [0.05, 0.1) is 0 Å². The van der Waals surface area contributed by atoms with E-state index >= 15 is 0 Å². The number of nitrogens with one attached hydrogen (secondary N) is 1. The maximum atomic E-state index is 7.44. The summed E-state index contributed by atoms with van der Waals surface area (Å²) < 4.78 is 0. The molecule has 2 nitrogen and oxygen atoms in total. The number of hydrogen-bond donors (Lipinski definition) is 2. The molecule has 0 atom stereocenters. The zero-order chi connectivity index (χ0) is 16.9. The Hall–Kier alpha value is -3.13. The normalized spacial score (nSPS) is 11.4. The van der Waals surface area contributed by atoms with E-state index in [4.69, 9.17) is 11.1 Å². The van der Waals surface area contributed by atoms with E-state index in [2.05, 4.69) is 55.1 Å². The van der Waals surface area contributed by atoms with Gasteiger partial charge in [0.15, 0.2) is 0 Å². The lowest BCUT2D eigenvalue weighted by atomic mass is 9.94. The maximum absolute atomic E-state index is 7.44. The number of hydrogen-bond acceptors (Lipinski definition) is 2. The Morgan fingerprint density at radius 3 is 2.50 bits per heavy atom. The van der Waals surface area contributed by atoms with Crippen LogP contribution < -0.4 is 5.73 Å². The van der Waals surface area contributed by atoms with Crippen LogP contribution in [0.5, 0.6) is 0 Å². The molecule has 0 amide bonds. The molecule has 0 aliphatic carbocycles. The van der Waals surface area contributed by atoms with Crippen LogP contribution in [0, 0.1) is 5.41 Å². The van der Waals surface area contributed by atoms with Gasteiger partial charge in [0.1, 0.15) is 0 Å². The summed E-state index contributed by atoms with van der Waals surface area (Å²) in [5.41, 5.74) is 10.8. The molecule has 0 bridgehead atoms. The lowest BCUT2D eigenvalue weighted by Gasteiger charge is -2.10. The fourth-order valence-electron chi connectivity index (χ4n) is 2.92. The van der Waals surface area contributed by atoms with Crippen molar-refractivity contribution >= 4 is 28.6 Å². The minimum absolute atomic E-state index is 0.704. The predicted octanol–water partition coefficient (Wildman–Crippen LogP) is 5.02. The van der Waals surface area contributed by atoms with Gasteiger partial charge in [0, 0.05) is 18.0 Å². The van der Waals surface area contributed by atoms with Crippen molar-refractivity contribution in [2.24, 2.45) is 5.73 Å². The van der Waals surface area contributed by atoms with Gasteiger partial charge in [0.25, 0.3) is 0 Å². The Morgan fingerprint density at radius 1 is 1.00 bits per heavy atom. The highest BCUT2D eigenvalue weighted by Gasteiger charge is 2.06. The van der Waals surface area contributed by atoms with Crippen LogP contribution in [0.25, 0.3) is 22.4 Å². The maximum Gasteiger partial charge on any atom is 0.0270 e. The minimum Gasteiger partial charge on any atom is -0.404 e. The van der Waals surface area contributed by atoms with Crippen molar-refractivity contribution in [2.75, 3.05) is 0 Å². The SMILES string of the molecule is C=Cc1cc(/C(C=N)=C/N)ccc1Cc1ccc2ccccc2c1. The Kier molecular flexibility index (Phi) is 4.57. The largest absolute Gasteiger partial charge is 0.404 e. The third kappa shape index (κ3) is 3.13. The molecular weight excluding hydrogens is 292 g/mol. The standard InChI is InChI=1S/C22H20N2/c1-2-17-13-21(22(14-23)15-24)10-9-20(17)12-16-7-8-18-5-3-4-6-19(18)11-16/h2-11,13-15,23H,1,12,24H2/b22-15+,23-14?. The van der Waals surface area contributed by atoms with Crippen LogP contribution in [-0.2, 0) is 6.42 Å². The van der Waals surface area contributed by atoms with Crippen molar-refractivity contribution in [2.45, 2.75) is 6.42 Å². The first kappa shape index (κ1) is 15.8. The molecule has 3 aromatic carbocycles. The molecule has 0 aliphatic heterocycles. The number of allylic oxidation sites excluding steroid dienone is 1. The summed E-state index contributed by atoms with van der Waals surface area (Å²) in [5, 5.41) is 9.94. The summed E-state index contributed by atoms with van der Waals surface area (Å²) >= 11 is 0. The summed E-state index contributed by atoms with van der Waals surface area (Å²) in [7, 11) is 0. The van der Waals surface area contributed by atoms with Crippen molar-refractivity contribution in [3.63, 3.8) is 0 Å². The lowest BCUT2D eigenvalue weighted by Crippen LogP contribution is -1.96. The van der Waals surface area contributed by atoms with Gasteiger partial charge in [-0.1, -0.05) is 67.3 Å². The molecule has 0 heterocycles. The van der Waals surface area contributed by atoms with Gasteiger partial charge in [-0.15, -0.1) is 0 Å². The quantitative estimate of drug-likeness (QED) is 0.638. The number of benzene rings is 3. The molecule has 3 N–H and O–H groups in total. The van der Waals surface area contributed by atoms with Gasteiger partial charge in [-0.05, 0) is 45.5 Å². The monoisotopic (exact) mass is 312 g/mol. The van der Waals surface area contributed by atoms with Crippen molar-refractivity contribution in [1.29, 1.82) is 5.41 Å². The number of rotatable bonds is 5. The van der Waals surface area contributed by atoms with Crippen LogP contribution >= 0.6 is 0 Å². The Morgan fingerprint density at radius 2 is 1.79 bits per heavy atom. The average molecular weight is 312 g/mol. The van der Waals surface area contributed by atoms with Crippen LogP contribution in [0.4, 0.5) is 0 Å². The van der Waals surface area contributed by atoms with Crippen LogP contribution in [0.2, 0.25) is 0 Å². The van der Waals surface area contributed by atoms with Crippen molar-refractivity contribution in [3.8, 4) is 0 Å². The predicted molar refractivity (Wildman–Crippen MR) is 104 cm³/mol. The summed E-state index contributed by atoms with van der Waals surface area (Å²) in [6.07, 6.45) is 5.43. The van der Waals surface area contributed by atoms with Gasteiger partial charge in [-0.2, -0.15) is 0 Å². The van der Waals surface area contributed by atoms with E-state index in [9.17, 15) is 0 Å². The van der Waals surface area contributed by atoms with Crippen LogP contribution in [0.15, 0.2) is 73.4 Å². The first-order valence-electron chi connectivity index (χ1n) is 7.91. The number of fused-ring (bicyclic) bond motifs is 1. The smallest absolute Gasteiger partial charge is 0.0270 e. The van der Waals surface area contributed by atoms with Gasteiger partial charge in [-0.25, -0.2) is 0 Å². The van der Waals surface area contributed by atoms with Crippen LogP contribution in [0.1, 0.15) is 22.3 Å². The molecule has 0 fully saturated rings. The molecule has 24 heavy (non-hydrogen) atoms. The Balaban J connectivity index is 1.96. The van der Waals surface area contributed by atoms with E-state index in [1.165, 1.54) is 34.3 Å². The van der Waals surface area contributed by atoms with E-state index < -0.39 is 0 Å². The topological polar surface area (TPSA) is 49.9 Å². The Labute approximate surface area is 142 Å². The molecule has 3 rings (SSSR count). The third-order valence-electron chi connectivity index (χ3n) is 4.24. The lowest BCUT2D eigenvalue weighted by molar-refractivity contribution is 1.19. The number of nitrogens with two attached hydrogens (primary N) is 1. The summed E-state index contributed by atoms with van der Waals surface area (Å²) in [4.78, 5) is 0. The van der Waals surface area contributed by atoms with E-state index in [0.29, 0.717) is 5.57 Å².